The fraction of sp³-hybridized carbons (Fsp3) is 0.611. The van der Waals surface area contributed by atoms with Gasteiger partial charge in [0, 0.05) is 37.1 Å². The topological polar surface area (TPSA) is 44.4 Å². The summed E-state index contributed by atoms with van der Waals surface area (Å²) in [5.41, 5.74) is 1.27. The maximum Gasteiger partial charge on any atom is 0.221 e. The smallest absolute Gasteiger partial charge is 0.221 e. The van der Waals surface area contributed by atoms with Gasteiger partial charge in [-0.2, -0.15) is 11.8 Å². The molecule has 2 atom stereocenters. The van der Waals surface area contributed by atoms with Crippen LogP contribution in [0, 0.1) is 0 Å². The van der Waals surface area contributed by atoms with Gasteiger partial charge in [-0.05, 0) is 18.7 Å². The maximum atomic E-state index is 12.3. The number of amides is 1. The van der Waals surface area contributed by atoms with Gasteiger partial charge in [-0.3, -0.25) is 9.69 Å². The molecular formula is C18H31Cl2N3OS. The lowest BCUT2D eigenvalue weighted by molar-refractivity contribution is -0.121. The molecule has 0 saturated carbocycles. The molecule has 1 heterocycles. The number of carbonyl (C=O) groups is 1. The van der Waals surface area contributed by atoms with Crippen molar-refractivity contribution in [2.24, 2.45) is 0 Å². The second-order valence-electron chi connectivity index (χ2n) is 5.88. The molecule has 1 saturated heterocycles. The summed E-state index contributed by atoms with van der Waals surface area (Å²) in [5, 5.41) is 6.57. The third-order valence-corrected chi connectivity index (χ3v) is 5.49. The predicted octanol–water partition coefficient (Wildman–Crippen LogP) is 3.12. The first-order chi connectivity index (χ1) is 11.2. The van der Waals surface area contributed by atoms with Crippen molar-refractivity contribution in [3.63, 3.8) is 0 Å². The van der Waals surface area contributed by atoms with Gasteiger partial charge in [0.2, 0.25) is 5.91 Å². The maximum absolute atomic E-state index is 12.3. The van der Waals surface area contributed by atoms with Crippen molar-refractivity contribution >= 4 is 42.5 Å². The number of rotatable bonds is 8. The molecule has 2 rings (SSSR count). The van der Waals surface area contributed by atoms with Gasteiger partial charge >= 0.3 is 0 Å². The SMILES string of the molecule is CCN(CC)C(CNC(=O)CC1CSCCN1)c1ccccc1.Cl.Cl. The fourth-order valence-corrected chi connectivity index (χ4v) is 4.00. The van der Waals surface area contributed by atoms with Crippen LogP contribution < -0.4 is 10.6 Å². The molecule has 4 nitrogen and oxygen atoms in total. The van der Waals surface area contributed by atoms with E-state index < -0.39 is 0 Å². The molecule has 7 heteroatoms. The lowest BCUT2D eigenvalue weighted by atomic mass is 10.0. The standard InChI is InChI=1S/C18H29N3OS.2ClH/c1-3-21(4-2)17(15-8-6-5-7-9-15)13-20-18(22)12-16-14-23-11-10-19-16;;/h5-9,16-17,19H,3-4,10-14H2,1-2H3,(H,20,22);2*1H. The van der Waals surface area contributed by atoms with Gasteiger partial charge in [0.15, 0.2) is 0 Å². The molecule has 144 valence electrons. The van der Waals surface area contributed by atoms with Crippen molar-refractivity contribution in [3.8, 4) is 0 Å². The Morgan fingerprint density at radius 1 is 1.28 bits per heavy atom. The van der Waals surface area contributed by atoms with Crippen molar-refractivity contribution in [1.29, 1.82) is 0 Å². The van der Waals surface area contributed by atoms with Gasteiger partial charge in [-0.15, -0.1) is 24.8 Å². The van der Waals surface area contributed by atoms with Crippen molar-refractivity contribution in [3.05, 3.63) is 35.9 Å². The lowest BCUT2D eigenvalue weighted by Crippen LogP contribution is -2.43. The average molecular weight is 408 g/mol. The van der Waals surface area contributed by atoms with Crippen LogP contribution >= 0.6 is 36.6 Å². The van der Waals surface area contributed by atoms with Crippen LogP contribution in [0.3, 0.4) is 0 Å². The van der Waals surface area contributed by atoms with E-state index in [4.69, 9.17) is 0 Å². The third-order valence-electron chi connectivity index (χ3n) is 4.36. The largest absolute Gasteiger partial charge is 0.354 e. The molecule has 1 aromatic rings. The molecule has 2 N–H and O–H groups in total. The summed E-state index contributed by atoms with van der Waals surface area (Å²) in [6.07, 6.45) is 0.576. The molecule has 0 radical (unpaired) electrons. The van der Waals surface area contributed by atoms with Gasteiger partial charge in [0.1, 0.15) is 0 Å². The fourth-order valence-electron chi connectivity index (χ4n) is 3.05. The second-order valence-corrected chi connectivity index (χ2v) is 7.03. The predicted molar refractivity (Wildman–Crippen MR) is 113 cm³/mol. The molecule has 25 heavy (non-hydrogen) atoms. The Balaban J connectivity index is 0.00000288. The van der Waals surface area contributed by atoms with Crippen LogP contribution in [0.4, 0.5) is 0 Å². The third kappa shape index (κ3) is 8.18. The summed E-state index contributed by atoms with van der Waals surface area (Å²) in [6.45, 7) is 7.98. The molecule has 2 unspecified atom stereocenters. The van der Waals surface area contributed by atoms with Crippen molar-refractivity contribution in [2.45, 2.75) is 32.4 Å². The van der Waals surface area contributed by atoms with Gasteiger partial charge in [-0.25, -0.2) is 0 Å². The van der Waals surface area contributed by atoms with Gasteiger partial charge in [0.25, 0.3) is 0 Å². The Kier molecular flexibility index (Phi) is 13.5. The van der Waals surface area contributed by atoms with E-state index in [0.29, 0.717) is 19.0 Å². The summed E-state index contributed by atoms with van der Waals surface area (Å²) in [6, 6.07) is 11.0. The molecule has 1 amide bonds. The molecule has 1 aromatic carbocycles. The van der Waals surface area contributed by atoms with E-state index in [9.17, 15) is 4.79 Å². The van der Waals surface area contributed by atoms with Crippen LogP contribution in [0.1, 0.15) is 31.9 Å². The van der Waals surface area contributed by atoms with E-state index in [2.05, 4.69) is 53.6 Å². The van der Waals surface area contributed by atoms with Gasteiger partial charge < -0.3 is 10.6 Å². The number of carbonyl (C=O) groups excluding carboxylic acids is 1. The Hall–Kier alpha value is -0.460. The Morgan fingerprint density at radius 3 is 2.52 bits per heavy atom. The highest BCUT2D eigenvalue weighted by molar-refractivity contribution is 7.99. The van der Waals surface area contributed by atoms with E-state index in [1.807, 2.05) is 17.8 Å². The van der Waals surface area contributed by atoms with E-state index in [1.165, 1.54) is 5.56 Å². The highest BCUT2D eigenvalue weighted by atomic mass is 35.5. The number of hydrogen-bond acceptors (Lipinski definition) is 4. The summed E-state index contributed by atoms with van der Waals surface area (Å²) in [4.78, 5) is 14.7. The van der Waals surface area contributed by atoms with Crippen LogP contribution in [-0.2, 0) is 4.79 Å². The zero-order valence-electron chi connectivity index (χ0n) is 15.1. The van der Waals surface area contributed by atoms with Gasteiger partial charge in [0.05, 0.1) is 6.04 Å². The van der Waals surface area contributed by atoms with Crippen LogP contribution in [0.25, 0.3) is 0 Å². The molecule has 0 spiro atoms. The first kappa shape index (κ1) is 24.5. The van der Waals surface area contributed by atoms with E-state index in [1.54, 1.807) is 0 Å². The average Bonchev–Trinajstić information content (AvgIpc) is 2.60. The zero-order valence-corrected chi connectivity index (χ0v) is 17.5. The zero-order chi connectivity index (χ0) is 16.5. The molecule has 0 bridgehead atoms. The highest BCUT2D eigenvalue weighted by Crippen LogP contribution is 2.19. The second kappa shape index (κ2) is 13.7. The summed E-state index contributed by atoms with van der Waals surface area (Å²) < 4.78 is 0. The van der Waals surface area contributed by atoms with Gasteiger partial charge in [-0.1, -0.05) is 44.2 Å². The number of likely N-dealkylation sites (N-methyl/N-ethyl adjacent to an activating group) is 1. The van der Waals surface area contributed by atoms with Crippen molar-refractivity contribution in [1.82, 2.24) is 15.5 Å². The van der Waals surface area contributed by atoms with Crippen molar-refractivity contribution in [2.75, 3.05) is 37.7 Å². The lowest BCUT2D eigenvalue weighted by Gasteiger charge is -2.30. The molecule has 1 aliphatic heterocycles. The summed E-state index contributed by atoms with van der Waals surface area (Å²) in [7, 11) is 0. The van der Waals surface area contributed by atoms with Crippen LogP contribution in [-0.4, -0.2) is 54.5 Å². The first-order valence-corrected chi connectivity index (χ1v) is 9.76. The summed E-state index contributed by atoms with van der Waals surface area (Å²) >= 11 is 1.93. The van der Waals surface area contributed by atoms with E-state index in [-0.39, 0.29) is 36.8 Å². The minimum absolute atomic E-state index is 0. The Morgan fingerprint density at radius 2 is 1.96 bits per heavy atom. The van der Waals surface area contributed by atoms with Crippen molar-refractivity contribution < 1.29 is 4.79 Å². The Labute approximate surface area is 168 Å². The van der Waals surface area contributed by atoms with E-state index in [0.717, 1.165) is 31.1 Å². The van der Waals surface area contributed by atoms with Crippen LogP contribution in [0.5, 0.6) is 0 Å². The van der Waals surface area contributed by atoms with Crippen LogP contribution in [0.15, 0.2) is 30.3 Å². The Bertz CT molecular complexity index is 469. The monoisotopic (exact) mass is 407 g/mol. The molecular weight excluding hydrogens is 377 g/mol. The number of halogens is 2. The minimum Gasteiger partial charge on any atom is -0.354 e. The normalized spacial score (nSPS) is 18.0. The molecule has 1 aliphatic rings. The highest BCUT2D eigenvalue weighted by Gasteiger charge is 2.20. The first-order valence-electron chi connectivity index (χ1n) is 8.61. The number of nitrogens with one attached hydrogen (secondary N) is 2. The summed E-state index contributed by atoms with van der Waals surface area (Å²) in [5.74, 6) is 2.33. The number of benzene rings is 1. The molecule has 0 aromatic heterocycles. The number of thioether (sulfide) groups is 1. The number of nitrogens with zero attached hydrogens (tertiary/aromatic N) is 1. The van der Waals surface area contributed by atoms with E-state index >= 15 is 0 Å². The molecule has 1 fully saturated rings. The molecule has 0 aliphatic carbocycles. The van der Waals surface area contributed by atoms with Crippen LogP contribution in [0.2, 0.25) is 0 Å². The minimum atomic E-state index is 0. The quantitative estimate of drug-likeness (QED) is 0.694. The number of hydrogen-bond donors (Lipinski definition) is 2.